The van der Waals surface area contributed by atoms with Gasteiger partial charge in [-0.2, -0.15) is 0 Å². The topological polar surface area (TPSA) is 205 Å². The maximum Gasteiger partial charge on any atom is 0.326 e. The van der Waals surface area contributed by atoms with Gasteiger partial charge in [0.15, 0.2) is 0 Å². The van der Waals surface area contributed by atoms with Crippen LogP contribution in [0.1, 0.15) is 44.9 Å². The van der Waals surface area contributed by atoms with Crippen LogP contribution >= 0.6 is 0 Å². The molecule has 0 aliphatic carbocycles. The molecule has 170 valence electrons. The standard InChI is InChI=1S/C18H31N5O7/c19-8-2-1-4-11(16(27)22-12(18(29)30)6-7-15(25)26)21-17(28)13-5-3-9-23(13)14(24)10-20/h11-13H,1-10,19-20H2,(H,21,28)(H,22,27)(H,25,26)(H,29,30). The van der Waals surface area contributed by atoms with Crippen LogP contribution in [0, 0.1) is 0 Å². The number of nitrogens with one attached hydrogen (secondary N) is 2. The lowest BCUT2D eigenvalue weighted by molar-refractivity contribution is -0.144. The molecule has 12 heteroatoms. The summed E-state index contributed by atoms with van der Waals surface area (Å²) in [7, 11) is 0. The molecule has 3 unspecified atom stereocenters. The van der Waals surface area contributed by atoms with E-state index in [1.807, 2.05) is 0 Å². The summed E-state index contributed by atoms with van der Waals surface area (Å²) < 4.78 is 0. The molecule has 3 atom stereocenters. The Labute approximate surface area is 174 Å². The van der Waals surface area contributed by atoms with Crippen molar-refractivity contribution in [1.29, 1.82) is 0 Å². The Morgan fingerprint density at radius 2 is 1.70 bits per heavy atom. The second-order valence-electron chi connectivity index (χ2n) is 7.13. The molecule has 8 N–H and O–H groups in total. The minimum atomic E-state index is -1.40. The molecule has 1 aliphatic rings. The lowest BCUT2D eigenvalue weighted by atomic mass is 10.1. The first kappa shape index (κ1) is 25.3. The van der Waals surface area contributed by atoms with Crippen LogP contribution < -0.4 is 22.1 Å². The second kappa shape index (κ2) is 12.8. The number of nitrogens with two attached hydrogens (primary N) is 2. The Bertz CT molecular complexity index is 642. The fourth-order valence-electron chi connectivity index (χ4n) is 3.28. The highest BCUT2D eigenvalue weighted by molar-refractivity contribution is 5.93. The Kier molecular flexibility index (Phi) is 10.8. The van der Waals surface area contributed by atoms with Crippen molar-refractivity contribution in [3.63, 3.8) is 0 Å². The third-order valence-electron chi connectivity index (χ3n) is 4.89. The molecule has 1 rings (SSSR count). The summed E-state index contributed by atoms with van der Waals surface area (Å²) in [6.45, 7) is 0.558. The van der Waals surface area contributed by atoms with E-state index in [2.05, 4.69) is 10.6 Å². The third-order valence-corrected chi connectivity index (χ3v) is 4.89. The third kappa shape index (κ3) is 7.95. The molecule has 0 saturated carbocycles. The highest BCUT2D eigenvalue weighted by Gasteiger charge is 2.35. The molecule has 12 nitrogen and oxygen atoms in total. The maximum atomic E-state index is 12.7. The maximum absolute atomic E-state index is 12.7. The number of rotatable bonds is 13. The quantitative estimate of drug-likeness (QED) is 0.178. The zero-order chi connectivity index (χ0) is 22.7. The fraction of sp³-hybridized carbons (Fsp3) is 0.722. The zero-order valence-corrected chi connectivity index (χ0v) is 16.8. The Hall–Kier alpha value is -2.73. The second-order valence-corrected chi connectivity index (χ2v) is 7.13. The predicted molar refractivity (Wildman–Crippen MR) is 105 cm³/mol. The molecular weight excluding hydrogens is 398 g/mol. The Balaban J connectivity index is 2.84. The Morgan fingerprint density at radius 3 is 2.27 bits per heavy atom. The van der Waals surface area contributed by atoms with E-state index in [1.165, 1.54) is 4.90 Å². The van der Waals surface area contributed by atoms with Crippen molar-refractivity contribution >= 4 is 29.7 Å². The van der Waals surface area contributed by atoms with Gasteiger partial charge in [0, 0.05) is 13.0 Å². The SMILES string of the molecule is NCCCCC(NC(=O)C1CCCN1C(=O)CN)C(=O)NC(CCC(=O)O)C(=O)O. The number of nitrogens with zero attached hydrogens (tertiary/aromatic N) is 1. The van der Waals surface area contributed by atoms with E-state index in [0.29, 0.717) is 38.8 Å². The van der Waals surface area contributed by atoms with Gasteiger partial charge < -0.3 is 37.2 Å². The molecule has 1 heterocycles. The van der Waals surface area contributed by atoms with Gasteiger partial charge in [-0.25, -0.2) is 4.79 Å². The number of hydrogen-bond donors (Lipinski definition) is 6. The molecule has 1 saturated heterocycles. The van der Waals surface area contributed by atoms with Crippen molar-refractivity contribution in [3.8, 4) is 0 Å². The van der Waals surface area contributed by atoms with Gasteiger partial charge in [0.1, 0.15) is 18.1 Å². The van der Waals surface area contributed by atoms with Crippen molar-refractivity contribution in [1.82, 2.24) is 15.5 Å². The Morgan fingerprint density at radius 1 is 1.00 bits per heavy atom. The lowest BCUT2D eigenvalue weighted by Gasteiger charge is -2.26. The summed E-state index contributed by atoms with van der Waals surface area (Å²) >= 11 is 0. The first-order chi connectivity index (χ1) is 14.2. The molecule has 0 aromatic heterocycles. The summed E-state index contributed by atoms with van der Waals surface area (Å²) in [4.78, 5) is 60.7. The fourth-order valence-corrected chi connectivity index (χ4v) is 3.28. The molecule has 0 aromatic carbocycles. The van der Waals surface area contributed by atoms with E-state index in [0.717, 1.165) is 0 Å². The van der Waals surface area contributed by atoms with Gasteiger partial charge in [0.2, 0.25) is 17.7 Å². The van der Waals surface area contributed by atoms with E-state index in [4.69, 9.17) is 16.6 Å². The molecule has 0 bridgehead atoms. The van der Waals surface area contributed by atoms with Crippen LogP contribution in [0.4, 0.5) is 0 Å². The number of carbonyl (C=O) groups is 5. The summed E-state index contributed by atoms with van der Waals surface area (Å²) in [5, 5.41) is 22.9. The van der Waals surface area contributed by atoms with E-state index >= 15 is 0 Å². The molecule has 30 heavy (non-hydrogen) atoms. The van der Waals surface area contributed by atoms with Crippen LogP contribution in [-0.4, -0.2) is 82.5 Å². The van der Waals surface area contributed by atoms with Crippen molar-refractivity contribution in [2.45, 2.75) is 63.1 Å². The normalized spacial score (nSPS) is 17.8. The minimum Gasteiger partial charge on any atom is -0.481 e. The zero-order valence-electron chi connectivity index (χ0n) is 16.8. The first-order valence-corrected chi connectivity index (χ1v) is 9.96. The number of carbonyl (C=O) groups excluding carboxylic acids is 3. The van der Waals surface area contributed by atoms with E-state index in [-0.39, 0.29) is 25.3 Å². The summed E-state index contributed by atoms with van der Waals surface area (Å²) in [5.41, 5.74) is 10.9. The van der Waals surface area contributed by atoms with Gasteiger partial charge in [0.05, 0.1) is 6.54 Å². The number of carboxylic acid groups (broad SMARTS) is 2. The van der Waals surface area contributed by atoms with Crippen molar-refractivity contribution in [3.05, 3.63) is 0 Å². The smallest absolute Gasteiger partial charge is 0.326 e. The number of unbranched alkanes of at least 4 members (excludes halogenated alkanes) is 1. The number of likely N-dealkylation sites (tertiary alicyclic amines) is 1. The van der Waals surface area contributed by atoms with Gasteiger partial charge in [-0.05, 0) is 45.1 Å². The number of hydrogen-bond acceptors (Lipinski definition) is 7. The van der Waals surface area contributed by atoms with Crippen molar-refractivity contribution in [2.24, 2.45) is 11.5 Å². The van der Waals surface area contributed by atoms with Crippen molar-refractivity contribution in [2.75, 3.05) is 19.6 Å². The van der Waals surface area contributed by atoms with Crippen LogP contribution in [0.25, 0.3) is 0 Å². The molecule has 0 aromatic rings. The highest BCUT2D eigenvalue weighted by Crippen LogP contribution is 2.18. The molecular formula is C18H31N5O7. The average Bonchev–Trinajstić information content (AvgIpc) is 3.19. The van der Waals surface area contributed by atoms with E-state index in [9.17, 15) is 29.1 Å². The van der Waals surface area contributed by atoms with Gasteiger partial charge >= 0.3 is 11.9 Å². The van der Waals surface area contributed by atoms with Crippen LogP contribution in [0.3, 0.4) is 0 Å². The molecule has 3 amide bonds. The van der Waals surface area contributed by atoms with Crippen molar-refractivity contribution < 1.29 is 34.2 Å². The first-order valence-electron chi connectivity index (χ1n) is 9.96. The van der Waals surface area contributed by atoms with Crippen LogP contribution in [0.15, 0.2) is 0 Å². The highest BCUT2D eigenvalue weighted by atomic mass is 16.4. The molecule has 1 fully saturated rings. The van der Waals surface area contributed by atoms with Gasteiger partial charge in [-0.3, -0.25) is 19.2 Å². The number of carboxylic acids is 2. The predicted octanol–water partition coefficient (Wildman–Crippen LogP) is -2.02. The van der Waals surface area contributed by atoms with Crippen LogP contribution in [0.2, 0.25) is 0 Å². The van der Waals surface area contributed by atoms with Gasteiger partial charge in [0.25, 0.3) is 0 Å². The van der Waals surface area contributed by atoms with Crippen LogP contribution in [-0.2, 0) is 24.0 Å². The number of aliphatic carboxylic acids is 2. The summed E-state index contributed by atoms with van der Waals surface area (Å²) in [5.74, 6) is -4.16. The molecule has 0 radical (unpaired) electrons. The average molecular weight is 429 g/mol. The van der Waals surface area contributed by atoms with Crippen LogP contribution in [0.5, 0.6) is 0 Å². The van der Waals surface area contributed by atoms with Gasteiger partial charge in [-0.15, -0.1) is 0 Å². The molecule has 0 spiro atoms. The van der Waals surface area contributed by atoms with E-state index < -0.39 is 48.3 Å². The lowest BCUT2D eigenvalue weighted by Crippen LogP contribution is -2.55. The largest absolute Gasteiger partial charge is 0.481 e. The minimum absolute atomic E-state index is 0.220. The van der Waals surface area contributed by atoms with E-state index in [1.54, 1.807) is 0 Å². The number of amides is 3. The molecule has 1 aliphatic heterocycles. The summed E-state index contributed by atoms with van der Waals surface area (Å²) in [6, 6.07) is -3.18. The monoisotopic (exact) mass is 429 g/mol. The summed E-state index contributed by atoms with van der Waals surface area (Å²) in [6.07, 6.45) is 1.67. The van der Waals surface area contributed by atoms with Gasteiger partial charge in [-0.1, -0.05) is 0 Å².